The molecule has 0 radical (unpaired) electrons. The average molecular weight is 333 g/mol. The molecular formula is C13H15Cl2Zr-. The van der Waals surface area contributed by atoms with Gasteiger partial charge in [0.05, 0.1) is 0 Å². The van der Waals surface area contributed by atoms with E-state index in [0.717, 1.165) is 12.8 Å². The number of halogens is 2. The quantitative estimate of drug-likeness (QED) is 0.674. The second kappa shape index (κ2) is 7.59. The molecule has 3 heteroatoms. The topological polar surface area (TPSA) is 0 Å². The molecule has 0 aliphatic carbocycles. The van der Waals surface area contributed by atoms with Crippen LogP contribution in [-0.2, 0) is 33.7 Å². The van der Waals surface area contributed by atoms with Crippen LogP contribution >= 0.6 is 17.0 Å². The van der Waals surface area contributed by atoms with Crippen LogP contribution in [0.2, 0.25) is 0 Å². The van der Waals surface area contributed by atoms with Crippen LogP contribution in [0, 0.1) is 0 Å². The van der Waals surface area contributed by atoms with Gasteiger partial charge in [0.2, 0.25) is 0 Å². The van der Waals surface area contributed by atoms with Crippen molar-refractivity contribution in [2.45, 2.75) is 26.7 Å². The van der Waals surface area contributed by atoms with Crippen LogP contribution in [-0.4, -0.2) is 0 Å². The summed E-state index contributed by atoms with van der Waals surface area (Å²) in [5.41, 5.74) is 2.92. The van der Waals surface area contributed by atoms with Crippen molar-refractivity contribution in [2.24, 2.45) is 0 Å². The van der Waals surface area contributed by atoms with Gasteiger partial charge in [0.25, 0.3) is 0 Å². The zero-order valence-electron chi connectivity index (χ0n) is 9.56. The number of hydrogen-bond acceptors (Lipinski definition) is 0. The van der Waals surface area contributed by atoms with Crippen LogP contribution in [0.5, 0.6) is 0 Å². The van der Waals surface area contributed by atoms with Gasteiger partial charge in [-0.3, -0.25) is 0 Å². The molecule has 0 bridgehead atoms. The zero-order valence-corrected chi connectivity index (χ0v) is 13.5. The fraction of sp³-hybridized carbons (Fsp3) is 0.308. The molecule has 0 nitrogen and oxygen atoms in total. The van der Waals surface area contributed by atoms with E-state index in [9.17, 15) is 0 Å². The fourth-order valence-corrected chi connectivity index (χ4v) is 1.87. The molecule has 0 amide bonds. The number of rotatable bonds is 2. The summed E-state index contributed by atoms with van der Waals surface area (Å²) in [6, 6.07) is 11.2. The van der Waals surface area contributed by atoms with Gasteiger partial charge in [0.15, 0.2) is 0 Å². The molecule has 0 spiro atoms. The molecule has 0 saturated heterocycles. The zero-order chi connectivity index (χ0) is 12.0. The van der Waals surface area contributed by atoms with E-state index in [1.54, 1.807) is 0 Å². The molecule has 0 atom stereocenters. The van der Waals surface area contributed by atoms with Crippen molar-refractivity contribution in [3.05, 3.63) is 41.5 Å². The van der Waals surface area contributed by atoms with Gasteiger partial charge in [-0.1, -0.05) is 25.5 Å². The van der Waals surface area contributed by atoms with Gasteiger partial charge in [-0.15, -0.1) is 34.5 Å². The second-order valence-corrected chi connectivity index (χ2v) is 7.29. The van der Waals surface area contributed by atoms with Crippen LogP contribution in [0.4, 0.5) is 0 Å². The first kappa shape index (κ1) is 14.4. The third-order valence-corrected chi connectivity index (χ3v) is 2.69. The van der Waals surface area contributed by atoms with E-state index in [1.165, 1.54) is 21.9 Å². The summed E-state index contributed by atoms with van der Waals surface area (Å²) in [5.74, 6) is 0. The molecule has 0 aliphatic heterocycles. The van der Waals surface area contributed by atoms with Crippen LogP contribution in [0.25, 0.3) is 10.8 Å². The summed E-state index contributed by atoms with van der Waals surface area (Å²) in [4.78, 5) is 0. The molecule has 2 aromatic rings. The van der Waals surface area contributed by atoms with Crippen molar-refractivity contribution in [1.82, 2.24) is 0 Å². The summed E-state index contributed by atoms with van der Waals surface area (Å²) in [7, 11) is 9.87. The maximum atomic E-state index is 4.93. The minimum atomic E-state index is -0.826. The minimum absolute atomic E-state index is 0.826. The second-order valence-electron chi connectivity index (χ2n) is 3.56. The molecule has 0 aromatic heterocycles. The molecule has 0 unspecified atom stereocenters. The predicted octanol–water partition coefficient (Wildman–Crippen LogP) is 5.06. The Hall–Kier alpha value is 0.293. The van der Waals surface area contributed by atoms with Crippen molar-refractivity contribution >= 4 is 27.8 Å². The Morgan fingerprint density at radius 3 is 2.44 bits per heavy atom. The van der Waals surface area contributed by atoms with Gasteiger partial charge in [0, 0.05) is 0 Å². The third kappa shape index (κ3) is 3.65. The van der Waals surface area contributed by atoms with E-state index in [1.807, 2.05) is 0 Å². The van der Waals surface area contributed by atoms with Crippen LogP contribution < -0.4 is 0 Å². The molecule has 0 heterocycles. The fourth-order valence-electron chi connectivity index (χ4n) is 1.87. The van der Waals surface area contributed by atoms with Crippen molar-refractivity contribution in [3.63, 3.8) is 0 Å². The summed E-state index contributed by atoms with van der Waals surface area (Å²) >= 11 is -0.826. The number of aryl methyl sites for hydroxylation is 2. The Labute approximate surface area is 116 Å². The predicted molar refractivity (Wildman–Crippen MR) is 70.0 cm³/mol. The monoisotopic (exact) mass is 331 g/mol. The van der Waals surface area contributed by atoms with Gasteiger partial charge in [-0.05, 0) is 12.8 Å². The van der Waals surface area contributed by atoms with E-state index in [4.69, 9.17) is 17.0 Å². The Balaban J connectivity index is 0.000000386. The molecule has 2 aromatic carbocycles. The molecule has 0 fully saturated rings. The Bertz CT molecular complexity index is 434. The van der Waals surface area contributed by atoms with E-state index in [0.29, 0.717) is 0 Å². The van der Waals surface area contributed by atoms with E-state index >= 15 is 0 Å². The Morgan fingerprint density at radius 1 is 1.19 bits per heavy atom. The standard InChI is InChI=1S/C13H15.2ClH.Zr/c1-3-10-8-12-7-5-6-11(4-2)13(12)9-10;;;/h5-9H,3-4H2,1-2H3;2*1H;/q-1;;;+2/p-2. The van der Waals surface area contributed by atoms with Crippen LogP contribution in [0.3, 0.4) is 0 Å². The number of hydrogen-bond donors (Lipinski definition) is 0. The summed E-state index contributed by atoms with van der Waals surface area (Å²) < 4.78 is 0. The first-order valence-corrected chi connectivity index (χ1v) is 11.7. The molecule has 0 aliphatic rings. The van der Waals surface area contributed by atoms with Gasteiger partial charge in [-0.2, -0.15) is 6.07 Å². The SMILES string of the molecule is CCc1cc2c(CC)cccc2[cH-]1.[Cl][Zr][Cl]. The normalized spacial score (nSPS) is 9.75. The molecule has 86 valence electrons. The van der Waals surface area contributed by atoms with Crippen molar-refractivity contribution < 1.29 is 20.8 Å². The molecular weight excluding hydrogens is 318 g/mol. The molecule has 0 N–H and O–H groups in total. The van der Waals surface area contributed by atoms with E-state index in [2.05, 4.69) is 44.2 Å². The van der Waals surface area contributed by atoms with E-state index in [-0.39, 0.29) is 0 Å². The molecule has 16 heavy (non-hydrogen) atoms. The van der Waals surface area contributed by atoms with Crippen LogP contribution in [0.15, 0.2) is 30.3 Å². The average Bonchev–Trinajstić information content (AvgIpc) is 2.72. The van der Waals surface area contributed by atoms with Gasteiger partial charge >= 0.3 is 37.9 Å². The first-order chi connectivity index (χ1) is 7.76. The van der Waals surface area contributed by atoms with Gasteiger partial charge in [-0.25, -0.2) is 0 Å². The first-order valence-electron chi connectivity index (χ1n) is 5.40. The van der Waals surface area contributed by atoms with Crippen molar-refractivity contribution in [3.8, 4) is 0 Å². The number of benzene rings is 1. The maximum absolute atomic E-state index is 4.93. The van der Waals surface area contributed by atoms with Crippen molar-refractivity contribution in [1.29, 1.82) is 0 Å². The van der Waals surface area contributed by atoms with E-state index < -0.39 is 20.8 Å². The molecule has 2 rings (SSSR count). The Morgan fingerprint density at radius 2 is 1.88 bits per heavy atom. The van der Waals surface area contributed by atoms with Crippen LogP contribution in [0.1, 0.15) is 25.0 Å². The number of fused-ring (bicyclic) bond motifs is 1. The molecule has 0 saturated carbocycles. The van der Waals surface area contributed by atoms with Gasteiger partial charge < -0.3 is 0 Å². The Kier molecular flexibility index (Phi) is 6.81. The van der Waals surface area contributed by atoms with Crippen molar-refractivity contribution in [2.75, 3.05) is 0 Å². The summed E-state index contributed by atoms with van der Waals surface area (Å²) in [6.45, 7) is 4.42. The summed E-state index contributed by atoms with van der Waals surface area (Å²) in [6.07, 6.45) is 2.27. The third-order valence-electron chi connectivity index (χ3n) is 2.69. The van der Waals surface area contributed by atoms with Gasteiger partial charge in [0.1, 0.15) is 0 Å². The summed E-state index contributed by atoms with van der Waals surface area (Å²) in [5, 5.41) is 2.85.